The number of carbonyl (C=O) groups excluding carboxylic acids is 3. The minimum absolute atomic E-state index is 0.00212. The average molecular weight is 418 g/mol. The molecule has 0 radical (unpaired) electrons. The van der Waals surface area contributed by atoms with Gasteiger partial charge in [-0.05, 0) is 32.4 Å². The second kappa shape index (κ2) is 11.9. The van der Waals surface area contributed by atoms with Crippen LogP contribution in [-0.2, 0) is 14.3 Å². The molecule has 0 aliphatic rings. The summed E-state index contributed by atoms with van der Waals surface area (Å²) < 4.78 is 48.0. The van der Waals surface area contributed by atoms with Gasteiger partial charge in [0.05, 0.1) is 18.8 Å². The first-order valence-corrected chi connectivity index (χ1v) is 9.18. The molecule has 1 N–H and O–H groups in total. The first-order valence-electron chi connectivity index (χ1n) is 9.18. The first kappa shape index (κ1) is 24.3. The summed E-state index contributed by atoms with van der Waals surface area (Å²) in [7, 11) is 0. The van der Waals surface area contributed by atoms with Gasteiger partial charge in [0.2, 0.25) is 5.91 Å². The molecular formula is C19H25F3N2O5. The normalized spacial score (nSPS) is 10.9. The van der Waals surface area contributed by atoms with Gasteiger partial charge in [0.1, 0.15) is 18.8 Å². The number of hydrogen-bond donors (Lipinski definition) is 1. The predicted molar refractivity (Wildman–Crippen MR) is 98.4 cm³/mol. The summed E-state index contributed by atoms with van der Waals surface area (Å²) in [5, 5.41) is 2.60. The van der Waals surface area contributed by atoms with E-state index in [9.17, 15) is 27.6 Å². The highest BCUT2D eigenvalue weighted by molar-refractivity contribution is 5.96. The minimum Gasteiger partial charge on any atom is -0.493 e. The number of halogens is 3. The molecule has 1 rings (SSSR count). The molecule has 162 valence electrons. The third-order valence-electron chi connectivity index (χ3n) is 3.63. The van der Waals surface area contributed by atoms with Crippen LogP contribution in [0.15, 0.2) is 24.3 Å². The molecule has 29 heavy (non-hydrogen) atoms. The van der Waals surface area contributed by atoms with Gasteiger partial charge < -0.3 is 19.7 Å². The third-order valence-corrected chi connectivity index (χ3v) is 3.63. The van der Waals surface area contributed by atoms with Crippen LogP contribution in [0.3, 0.4) is 0 Å². The van der Waals surface area contributed by atoms with Crippen molar-refractivity contribution in [2.45, 2.75) is 32.9 Å². The number of esters is 1. The number of nitrogens with one attached hydrogen (secondary N) is 1. The van der Waals surface area contributed by atoms with Crippen LogP contribution in [0.2, 0.25) is 0 Å². The standard InChI is InChI=1S/C19H25F3N2O5/c1-3-28-15-9-6-5-8-14(15)18(27)23-11-7-10-16(25)24(13-19(20,21)22)12-17(26)29-4-2/h5-6,8-9H,3-4,7,10-13H2,1-2H3,(H,23,27). The highest BCUT2D eigenvalue weighted by Crippen LogP contribution is 2.18. The molecule has 0 fully saturated rings. The van der Waals surface area contributed by atoms with Crippen LogP contribution in [-0.4, -0.2) is 61.7 Å². The molecule has 1 aromatic carbocycles. The van der Waals surface area contributed by atoms with Crippen LogP contribution >= 0.6 is 0 Å². The Morgan fingerprint density at radius 3 is 2.41 bits per heavy atom. The lowest BCUT2D eigenvalue weighted by Gasteiger charge is -2.23. The zero-order valence-electron chi connectivity index (χ0n) is 16.4. The Morgan fingerprint density at radius 1 is 1.10 bits per heavy atom. The van der Waals surface area contributed by atoms with Crippen molar-refractivity contribution in [1.29, 1.82) is 0 Å². The highest BCUT2D eigenvalue weighted by Gasteiger charge is 2.34. The summed E-state index contributed by atoms with van der Waals surface area (Å²) >= 11 is 0. The summed E-state index contributed by atoms with van der Waals surface area (Å²) in [6.07, 6.45) is -4.79. The van der Waals surface area contributed by atoms with E-state index in [-0.39, 0.29) is 26.0 Å². The molecule has 7 nitrogen and oxygen atoms in total. The Hall–Kier alpha value is -2.78. The smallest absolute Gasteiger partial charge is 0.406 e. The zero-order chi connectivity index (χ0) is 21.9. The first-order chi connectivity index (χ1) is 13.7. The lowest BCUT2D eigenvalue weighted by atomic mass is 10.2. The number of amides is 2. The lowest BCUT2D eigenvalue weighted by molar-refractivity contribution is -0.167. The van der Waals surface area contributed by atoms with Crippen LogP contribution in [0, 0.1) is 0 Å². The Balaban J connectivity index is 2.56. The number of hydrogen-bond acceptors (Lipinski definition) is 5. The van der Waals surface area contributed by atoms with Gasteiger partial charge in [0.15, 0.2) is 0 Å². The van der Waals surface area contributed by atoms with Crippen molar-refractivity contribution < 1.29 is 37.0 Å². The Kier molecular flexibility index (Phi) is 9.98. The fourth-order valence-electron chi connectivity index (χ4n) is 2.44. The molecule has 0 aliphatic carbocycles. The maximum Gasteiger partial charge on any atom is 0.406 e. The van der Waals surface area contributed by atoms with E-state index in [1.807, 2.05) is 0 Å². The van der Waals surface area contributed by atoms with E-state index in [1.54, 1.807) is 31.2 Å². The summed E-state index contributed by atoms with van der Waals surface area (Å²) in [5.74, 6) is -1.76. The molecule has 10 heteroatoms. The molecule has 0 atom stereocenters. The predicted octanol–water partition coefficient (Wildman–Crippen LogP) is 2.55. The largest absolute Gasteiger partial charge is 0.493 e. The van der Waals surface area contributed by atoms with E-state index in [1.165, 1.54) is 6.92 Å². The Morgan fingerprint density at radius 2 is 1.79 bits per heavy atom. The average Bonchev–Trinajstić information content (AvgIpc) is 2.64. The second-order valence-electron chi connectivity index (χ2n) is 5.96. The van der Waals surface area contributed by atoms with Gasteiger partial charge in [-0.1, -0.05) is 12.1 Å². The van der Waals surface area contributed by atoms with E-state index in [2.05, 4.69) is 10.1 Å². The number of rotatable bonds is 11. The van der Waals surface area contributed by atoms with Gasteiger partial charge in [-0.2, -0.15) is 13.2 Å². The number of nitrogens with zero attached hydrogens (tertiary/aromatic N) is 1. The molecule has 1 aromatic rings. The molecule has 2 amide bonds. The molecule has 0 heterocycles. The summed E-state index contributed by atoms with van der Waals surface area (Å²) in [5.41, 5.74) is 0.321. The van der Waals surface area contributed by atoms with Gasteiger partial charge in [0.25, 0.3) is 5.91 Å². The van der Waals surface area contributed by atoms with Gasteiger partial charge in [-0.15, -0.1) is 0 Å². The lowest BCUT2D eigenvalue weighted by Crippen LogP contribution is -2.42. The Labute approximate surface area is 167 Å². The SMILES string of the molecule is CCOC(=O)CN(CC(F)(F)F)C(=O)CCCNC(=O)c1ccccc1OCC. The molecular weight excluding hydrogens is 393 g/mol. The molecule has 0 aromatic heterocycles. The fourth-order valence-corrected chi connectivity index (χ4v) is 2.44. The van der Waals surface area contributed by atoms with Gasteiger partial charge >= 0.3 is 12.1 Å². The van der Waals surface area contributed by atoms with Crippen LogP contribution in [0.1, 0.15) is 37.0 Å². The molecule has 0 spiro atoms. The number of para-hydroxylation sites is 1. The van der Waals surface area contributed by atoms with E-state index in [0.717, 1.165) is 0 Å². The van der Waals surface area contributed by atoms with Crippen molar-refractivity contribution in [2.24, 2.45) is 0 Å². The Bertz CT molecular complexity index is 695. The number of benzene rings is 1. The van der Waals surface area contributed by atoms with Crippen molar-refractivity contribution in [1.82, 2.24) is 10.2 Å². The number of alkyl halides is 3. The van der Waals surface area contributed by atoms with Crippen molar-refractivity contribution >= 4 is 17.8 Å². The van der Waals surface area contributed by atoms with Gasteiger partial charge in [0, 0.05) is 13.0 Å². The van der Waals surface area contributed by atoms with Crippen molar-refractivity contribution in [2.75, 3.05) is 32.8 Å². The van der Waals surface area contributed by atoms with E-state index in [4.69, 9.17) is 4.74 Å². The van der Waals surface area contributed by atoms with Crippen molar-refractivity contribution in [3.63, 3.8) is 0 Å². The van der Waals surface area contributed by atoms with Crippen LogP contribution in [0.4, 0.5) is 13.2 Å². The topological polar surface area (TPSA) is 84.9 Å². The zero-order valence-corrected chi connectivity index (χ0v) is 16.4. The fraction of sp³-hybridized carbons (Fsp3) is 0.526. The number of carbonyl (C=O) groups is 3. The van der Waals surface area contributed by atoms with Crippen molar-refractivity contribution in [3.8, 4) is 5.75 Å². The van der Waals surface area contributed by atoms with Gasteiger partial charge in [-0.25, -0.2) is 0 Å². The van der Waals surface area contributed by atoms with E-state index in [0.29, 0.717) is 22.8 Å². The quantitative estimate of drug-likeness (QED) is 0.441. The van der Waals surface area contributed by atoms with Crippen LogP contribution < -0.4 is 10.1 Å². The molecule has 0 unspecified atom stereocenters. The summed E-state index contributed by atoms with van der Waals surface area (Å²) in [6, 6.07) is 6.62. The summed E-state index contributed by atoms with van der Waals surface area (Å²) in [6.45, 7) is 1.43. The van der Waals surface area contributed by atoms with E-state index >= 15 is 0 Å². The molecule has 0 saturated carbocycles. The second-order valence-corrected chi connectivity index (χ2v) is 5.96. The van der Waals surface area contributed by atoms with Gasteiger partial charge in [-0.3, -0.25) is 14.4 Å². The van der Waals surface area contributed by atoms with Crippen molar-refractivity contribution in [3.05, 3.63) is 29.8 Å². The third kappa shape index (κ3) is 9.31. The molecule has 0 bridgehead atoms. The highest BCUT2D eigenvalue weighted by atomic mass is 19.4. The molecule has 0 aliphatic heterocycles. The maximum absolute atomic E-state index is 12.7. The van der Waals surface area contributed by atoms with Crippen LogP contribution in [0.25, 0.3) is 0 Å². The minimum atomic E-state index is -4.64. The van der Waals surface area contributed by atoms with Crippen LogP contribution in [0.5, 0.6) is 5.75 Å². The molecule has 0 saturated heterocycles. The number of ether oxygens (including phenoxy) is 2. The van der Waals surface area contributed by atoms with E-state index < -0.39 is 37.0 Å². The summed E-state index contributed by atoms with van der Waals surface area (Å²) in [4.78, 5) is 36.2. The maximum atomic E-state index is 12.7. The monoisotopic (exact) mass is 418 g/mol.